The summed E-state index contributed by atoms with van der Waals surface area (Å²) in [6.07, 6.45) is 4.72. The lowest BCUT2D eigenvalue weighted by Gasteiger charge is -2.11. The maximum atomic E-state index is 12.2. The van der Waals surface area contributed by atoms with E-state index in [1.165, 1.54) is 25.0 Å². The highest BCUT2D eigenvalue weighted by atomic mass is 35.7. The van der Waals surface area contributed by atoms with Crippen LogP contribution in [0.4, 0.5) is 0 Å². The van der Waals surface area contributed by atoms with Crippen molar-refractivity contribution in [3.63, 3.8) is 0 Å². The number of carbonyl (C=O) groups is 1. The molecule has 0 atom stereocenters. The largest absolute Gasteiger partial charge is 0.352 e. The van der Waals surface area contributed by atoms with Crippen molar-refractivity contribution in [3.8, 4) is 0 Å². The van der Waals surface area contributed by atoms with Crippen molar-refractivity contribution in [1.82, 2.24) is 5.32 Å². The van der Waals surface area contributed by atoms with E-state index in [9.17, 15) is 13.2 Å². The van der Waals surface area contributed by atoms with E-state index >= 15 is 0 Å². The number of halogens is 1. The van der Waals surface area contributed by atoms with Crippen LogP contribution >= 0.6 is 10.7 Å². The summed E-state index contributed by atoms with van der Waals surface area (Å²) < 4.78 is 22.9. The van der Waals surface area contributed by atoms with Gasteiger partial charge >= 0.3 is 0 Å². The highest BCUT2D eigenvalue weighted by molar-refractivity contribution is 8.13. The molecule has 1 aliphatic carbocycles. The standard InChI is InChI=1S/C15H20ClNO3S/c1-10-8-13(21(16,19)20)9-14(11(10)2)15(18)17-7-3-4-12-5-6-12/h8-9,12H,3-7H2,1-2H3,(H,17,18). The summed E-state index contributed by atoms with van der Waals surface area (Å²) >= 11 is 0. The minimum Gasteiger partial charge on any atom is -0.352 e. The third kappa shape index (κ3) is 4.45. The van der Waals surface area contributed by atoms with Gasteiger partial charge in [-0.15, -0.1) is 0 Å². The van der Waals surface area contributed by atoms with E-state index in [2.05, 4.69) is 5.32 Å². The van der Waals surface area contributed by atoms with Crippen molar-refractivity contribution < 1.29 is 13.2 Å². The molecule has 21 heavy (non-hydrogen) atoms. The fourth-order valence-electron chi connectivity index (χ4n) is 2.30. The van der Waals surface area contributed by atoms with E-state index in [4.69, 9.17) is 10.7 Å². The summed E-state index contributed by atoms with van der Waals surface area (Å²) in [6.45, 7) is 4.19. The van der Waals surface area contributed by atoms with Crippen LogP contribution in [-0.4, -0.2) is 20.9 Å². The summed E-state index contributed by atoms with van der Waals surface area (Å²) in [5, 5.41) is 2.85. The number of hydrogen-bond donors (Lipinski definition) is 1. The topological polar surface area (TPSA) is 63.2 Å². The number of carbonyl (C=O) groups excluding carboxylic acids is 1. The predicted octanol–water partition coefficient (Wildman–Crippen LogP) is 3.15. The Hall–Kier alpha value is -1.07. The van der Waals surface area contributed by atoms with Crippen LogP contribution in [0.2, 0.25) is 0 Å². The minimum atomic E-state index is -3.83. The van der Waals surface area contributed by atoms with Crippen LogP contribution in [0.25, 0.3) is 0 Å². The highest BCUT2D eigenvalue weighted by Crippen LogP contribution is 2.33. The first-order chi connectivity index (χ1) is 9.79. The van der Waals surface area contributed by atoms with E-state index in [1.54, 1.807) is 13.8 Å². The van der Waals surface area contributed by atoms with Gasteiger partial charge in [-0.05, 0) is 55.9 Å². The van der Waals surface area contributed by atoms with Crippen LogP contribution in [0.15, 0.2) is 17.0 Å². The van der Waals surface area contributed by atoms with E-state index < -0.39 is 9.05 Å². The molecule has 0 aromatic heterocycles. The molecule has 0 radical (unpaired) electrons. The minimum absolute atomic E-state index is 0.0320. The molecule has 1 amide bonds. The third-order valence-corrected chi connectivity index (χ3v) is 5.27. The molecule has 2 rings (SSSR count). The van der Waals surface area contributed by atoms with E-state index in [1.807, 2.05) is 0 Å². The van der Waals surface area contributed by atoms with Crippen LogP contribution in [0.3, 0.4) is 0 Å². The Morgan fingerprint density at radius 3 is 2.57 bits per heavy atom. The molecule has 0 aliphatic heterocycles. The van der Waals surface area contributed by atoms with Gasteiger partial charge in [-0.3, -0.25) is 4.79 Å². The number of hydrogen-bond acceptors (Lipinski definition) is 3. The van der Waals surface area contributed by atoms with Gasteiger partial charge in [-0.1, -0.05) is 12.8 Å². The molecule has 1 saturated carbocycles. The molecule has 1 aromatic carbocycles. The summed E-state index contributed by atoms with van der Waals surface area (Å²) in [5.74, 6) is 0.601. The maximum absolute atomic E-state index is 12.2. The highest BCUT2D eigenvalue weighted by Gasteiger charge is 2.21. The zero-order valence-electron chi connectivity index (χ0n) is 12.3. The molecule has 116 valence electrons. The molecule has 1 aliphatic rings. The molecule has 6 heteroatoms. The number of nitrogens with one attached hydrogen (secondary N) is 1. The lowest BCUT2D eigenvalue weighted by Crippen LogP contribution is -2.25. The lowest BCUT2D eigenvalue weighted by molar-refractivity contribution is 0.0952. The summed E-state index contributed by atoms with van der Waals surface area (Å²) in [7, 11) is 1.53. The van der Waals surface area contributed by atoms with Gasteiger partial charge in [0.2, 0.25) is 0 Å². The maximum Gasteiger partial charge on any atom is 0.261 e. The van der Waals surface area contributed by atoms with Crippen LogP contribution in [0.1, 0.15) is 47.2 Å². The average Bonchev–Trinajstić information content (AvgIpc) is 3.20. The molecule has 4 nitrogen and oxygen atoms in total. The van der Waals surface area contributed by atoms with E-state index in [0.717, 1.165) is 29.9 Å². The third-order valence-electron chi connectivity index (χ3n) is 3.94. The van der Waals surface area contributed by atoms with E-state index in [0.29, 0.717) is 12.1 Å². The second-order valence-corrected chi connectivity index (χ2v) is 8.26. The second-order valence-electron chi connectivity index (χ2n) is 5.69. The quantitative estimate of drug-likeness (QED) is 0.644. The first kappa shape index (κ1) is 16.3. The Balaban J connectivity index is 2.09. The molecule has 1 fully saturated rings. The SMILES string of the molecule is Cc1cc(S(=O)(=O)Cl)cc(C(=O)NCCCC2CC2)c1C. The monoisotopic (exact) mass is 329 g/mol. The predicted molar refractivity (Wildman–Crippen MR) is 83.2 cm³/mol. The molecule has 1 N–H and O–H groups in total. The van der Waals surface area contributed by atoms with Gasteiger partial charge in [0.1, 0.15) is 0 Å². The van der Waals surface area contributed by atoms with Gasteiger partial charge < -0.3 is 5.32 Å². The second kappa shape index (κ2) is 6.36. The van der Waals surface area contributed by atoms with Crippen LogP contribution in [0.5, 0.6) is 0 Å². The lowest BCUT2D eigenvalue weighted by atomic mass is 10.0. The van der Waals surface area contributed by atoms with Gasteiger partial charge in [-0.25, -0.2) is 8.42 Å². The van der Waals surface area contributed by atoms with Gasteiger partial charge in [0.15, 0.2) is 0 Å². The fourth-order valence-corrected chi connectivity index (χ4v) is 3.14. The molecular weight excluding hydrogens is 310 g/mol. The van der Waals surface area contributed by atoms with Gasteiger partial charge in [0, 0.05) is 22.8 Å². The van der Waals surface area contributed by atoms with Crippen molar-refractivity contribution in [2.24, 2.45) is 5.92 Å². The molecule has 0 heterocycles. The normalized spacial score (nSPS) is 15.0. The van der Waals surface area contributed by atoms with E-state index in [-0.39, 0.29) is 10.8 Å². The molecular formula is C15H20ClNO3S. The smallest absolute Gasteiger partial charge is 0.261 e. The average molecular weight is 330 g/mol. The van der Waals surface area contributed by atoms with Crippen molar-refractivity contribution >= 4 is 25.6 Å². The Bertz CT molecular complexity index is 651. The van der Waals surface area contributed by atoms with Gasteiger partial charge in [-0.2, -0.15) is 0 Å². The summed E-state index contributed by atoms with van der Waals surface area (Å²) in [5.41, 5.74) is 1.89. The number of rotatable bonds is 6. The molecule has 0 bridgehead atoms. The van der Waals surface area contributed by atoms with Gasteiger partial charge in [0.25, 0.3) is 15.0 Å². The first-order valence-corrected chi connectivity index (χ1v) is 9.44. The Morgan fingerprint density at radius 1 is 1.33 bits per heavy atom. The Labute approximate surface area is 130 Å². The zero-order valence-corrected chi connectivity index (χ0v) is 13.9. The molecule has 0 spiro atoms. The number of benzene rings is 1. The van der Waals surface area contributed by atoms with Crippen molar-refractivity contribution in [1.29, 1.82) is 0 Å². The summed E-state index contributed by atoms with van der Waals surface area (Å²) in [6, 6.07) is 2.84. The first-order valence-electron chi connectivity index (χ1n) is 7.13. The van der Waals surface area contributed by atoms with Crippen molar-refractivity contribution in [2.45, 2.75) is 44.4 Å². The van der Waals surface area contributed by atoms with Crippen LogP contribution < -0.4 is 5.32 Å². The fraction of sp³-hybridized carbons (Fsp3) is 0.533. The van der Waals surface area contributed by atoms with Crippen LogP contribution in [0, 0.1) is 19.8 Å². The molecule has 1 aromatic rings. The Morgan fingerprint density at radius 2 is 2.00 bits per heavy atom. The summed E-state index contributed by atoms with van der Waals surface area (Å²) in [4.78, 5) is 12.2. The Kier molecular flexibility index (Phi) is 4.94. The van der Waals surface area contributed by atoms with Crippen LogP contribution in [-0.2, 0) is 9.05 Å². The molecule has 0 unspecified atom stereocenters. The van der Waals surface area contributed by atoms with Crippen molar-refractivity contribution in [2.75, 3.05) is 6.54 Å². The number of aryl methyl sites for hydroxylation is 1. The van der Waals surface area contributed by atoms with Gasteiger partial charge in [0.05, 0.1) is 4.90 Å². The number of amides is 1. The van der Waals surface area contributed by atoms with Crippen molar-refractivity contribution in [3.05, 3.63) is 28.8 Å². The zero-order chi connectivity index (χ0) is 15.6. The molecule has 0 saturated heterocycles.